The standard InChI is InChI=1S/C12H10ClN5O3/c13-8-3-1-4-9(7-8)15-12(19)17-16-11-10(18(20)21)5-2-6-14-11/h1-7H,(H,14,16)(H2,15,17,19). The number of carbonyl (C=O) groups excluding carboxylic acids is 1. The third-order valence-corrected chi connectivity index (χ3v) is 2.60. The predicted octanol–water partition coefficient (Wildman–Crippen LogP) is 2.79. The van der Waals surface area contributed by atoms with E-state index < -0.39 is 11.0 Å². The fourth-order valence-corrected chi connectivity index (χ4v) is 1.68. The van der Waals surface area contributed by atoms with Crippen molar-refractivity contribution in [2.75, 3.05) is 10.7 Å². The zero-order chi connectivity index (χ0) is 15.2. The molecule has 0 aliphatic heterocycles. The molecule has 0 saturated heterocycles. The summed E-state index contributed by atoms with van der Waals surface area (Å²) in [6.07, 6.45) is 1.37. The average molecular weight is 308 g/mol. The monoisotopic (exact) mass is 307 g/mol. The minimum absolute atomic E-state index is 0.0660. The van der Waals surface area contributed by atoms with E-state index in [1.54, 1.807) is 24.3 Å². The van der Waals surface area contributed by atoms with E-state index in [-0.39, 0.29) is 11.5 Å². The molecule has 0 radical (unpaired) electrons. The van der Waals surface area contributed by atoms with E-state index in [1.165, 1.54) is 18.3 Å². The molecule has 1 aromatic carbocycles. The smallest absolute Gasteiger partial charge is 0.307 e. The Balaban J connectivity index is 1.97. The summed E-state index contributed by atoms with van der Waals surface area (Å²) in [5.74, 6) is -0.0660. The van der Waals surface area contributed by atoms with Gasteiger partial charge in [-0.3, -0.25) is 15.5 Å². The highest BCUT2D eigenvalue weighted by atomic mass is 35.5. The highest BCUT2D eigenvalue weighted by molar-refractivity contribution is 6.30. The van der Waals surface area contributed by atoms with Crippen LogP contribution in [0.2, 0.25) is 5.02 Å². The molecular formula is C12H10ClN5O3. The maximum absolute atomic E-state index is 11.7. The molecule has 1 heterocycles. The van der Waals surface area contributed by atoms with Crippen molar-refractivity contribution in [3.05, 3.63) is 57.7 Å². The largest absolute Gasteiger partial charge is 0.337 e. The van der Waals surface area contributed by atoms with Crippen LogP contribution in [0.25, 0.3) is 0 Å². The van der Waals surface area contributed by atoms with Crippen LogP contribution in [0.1, 0.15) is 0 Å². The number of nitrogens with zero attached hydrogens (tertiary/aromatic N) is 2. The first kappa shape index (κ1) is 14.5. The fraction of sp³-hybridized carbons (Fsp3) is 0. The van der Waals surface area contributed by atoms with Gasteiger partial charge in [0.25, 0.3) is 0 Å². The number of hydrazine groups is 1. The number of anilines is 2. The minimum Gasteiger partial charge on any atom is -0.307 e. The van der Waals surface area contributed by atoms with Crippen LogP contribution in [0.15, 0.2) is 42.6 Å². The van der Waals surface area contributed by atoms with Crippen molar-refractivity contribution in [3.63, 3.8) is 0 Å². The van der Waals surface area contributed by atoms with Gasteiger partial charge >= 0.3 is 11.7 Å². The molecule has 0 fully saturated rings. The number of hydrogen-bond acceptors (Lipinski definition) is 5. The molecule has 9 heteroatoms. The topological polar surface area (TPSA) is 109 Å². The summed E-state index contributed by atoms with van der Waals surface area (Å²) in [6, 6.07) is 8.63. The van der Waals surface area contributed by atoms with Gasteiger partial charge in [0.2, 0.25) is 5.82 Å². The minimum atomic E-state index is -0.614. The molecule has 0 saturated carbocycles. The van der Waals surface area contributed by atoms with Crippen LogP contribution in [-0.2, 0) is 0 Å². The fourth-order valence-electron chi connectivity index (χ4n) is 1.48. The molecule has 0 atom stereocenters. The zero-order valence-electron chi connectivity index (χ0n) is 10.5. The lowest BCUT2D eigenvalue weighted by Gasteiger charge is -2.09. The second kappa shape index (κ2) is 6.53. The highest BCUT2D eigenvalue weighted by Gasteiger charge is 2.14. The normalized spacial score (nSPS) is 9.76. The van der Waals surface area contributed by atoms with Gasteiger partial charge in [-0.15, -0.1) is 0 Å². The van der Waals surface area contributed by atoms with Crippen molar-refractivity contribution < 1.29 is 9.72 Å². The molecule has 0 aliphatic carbocycles. The summed E-state index contributed by atoms with van der Waals surface area (Å²) in [4.78, 5) is 25.6. The SMILES string of the molecule is O=C(NNc1ncccc1[N+](=O)[O-])Nc1cccc(Cl)c1. The molecule has 0 spiro atoms. The van der Waals surface area contributed by atoms with Gasteiger partial charge in [0.05, 0.1) is 4.92 Å². The molecular weight excluding hydrogens is 298 g/mol. The van der Waals surface area contributed by atoms with Gasteiger partial charge in [0, 0.05) is 23.0 Å². The number of amides is 2. The number of hydrogen-bond donors (Lipinski definition) is 3. The van der Waals surface area contributed by atoms with Crippen molar-refractivity contribution in [3.8, 4) is 0 Å². The third kappa shape index (κ3) is 4.05. The Kier molecular flexibility index (Phi) is 4.52. The van der Waals surface area contributed by atoms with Crippen LogP contribution in [0.5, 0.6) is 0 Å². The number of halogens is 1. The highest BCUT2D eigenvalue weighted by Crippen LogP contribution is 2.19. The van der Waals surface area contributed by atoms with Gasteiger partial charge in [0.1, 0.15) is 0 Å². The van der Waals surface area contributed by atoms with Crippen molar-refractivity contribution in [2.24, 2.45) is 0 Å². The quantitative estimate of drug-likeness (QED) is 0.594. The van der Waals surface area contributed by atoms with Crippen LogP contribution >= 0.6 is 11.6 Å². The first-order chi connectivity index (χ1) is 10.1. The van der Waals surface area contributed by atoms with E-state index in [0.29, 0.717) is 10.7 Å². The number of nitrogens with one attached hydrogen (secondary N) is 3. The van der Waals surface area contributed by atoms with E-state index in [4.69, 9.17) is 11.6 Å². The number of carbonyl (C=O) groups is 1. The van der Waals surface area contributed by atoms with E-state index in [1.807, 2.05) is 0 Å². The van der Waals surface area contributed by atoms with E-state index >= 15 is 0 Å². The first-order valence-electron chi connectivity index (χ1n) is 5.74. The first-order valence-corrected chi connectivity index (χ1v) is 6.12. The summed E-state index contributed by atoms with van der Waals surface area (Å²) >= 11 is 5.78. The van der Waals surface area contributed by atoms with Crippen molar-refractivity contribution in [1.82, 2.24) is 10.4 Å². The Bertz CT molecular complexity index is 679. The number of nitro groups is 1. The van der Waals surface area contributed by atoms with Gasteiger partial charge in [-0.1, -0.05) is 17.7 Å². The van der Waals surface area contributed by atoms with Gasteiger partial charge in [-0.25, -0.2) is 15.2 Å². The van der Waals surface area contributed by atoms with Gasteiger partial charge in [-0.2, -0.15) is 0 Å². The van der Waals surface area contributed by atoms with Crippen molar-refractivity contribution >= 4 is 34.8 Å². The predicted molar refractivity (Wildman–Crippen MR) is 78.1 cm³/mol. The third-order valence-electron chi connectivity index (χ3n) is 2.36. The number of rotatable bonds is 4. The van der Waals surface area contributed by atoms with E-state index in [0.717, 1.165) is 0 Å². The zero-order valence-corrected chi connectivity index (χ0v) is 11.3. The van der Waals surface area contributed by atoms with Gasteiger partial charge < -0.3 is 5.32 Å². The number of aromatic nitrogens is 1. The van der Waals surface area contributed by atoms with Crippen LogP contribution < -0.4 is 16.2 Å². The molecule has 2 aromatic rings. The molecule has 108 valence electrons. The van der Waals surface area contributed by atoms with Gasteiger partial charge in [0.15, 0.2) is 0 Å². The molecule has 1 aromatic heterocycles. The summed E-state index contributed by atoms with van der Waals surface area (Å²) in [7, 11) is 0. The lowest BCUT2D eigenvalue weighted by Crippen LogP contribution is -2.34. The Morgan fingerprint density at radius 1 is 1.29 bits per heavy atom. The van der Waals surface area contributed by atoms with Crippen LogP contribution in [0.3, 0.4) is 0 Å². The molecule has 8 nitrogen and oxygen atoms in total. The molecule has 0 unspecified atom stereocenters. The van der Waals surface area contributed by atoms with Gasteiger partial charge in [-0.05, 0) is 24.3 Å². The maximum atomic E-state index is 11.7. The summed E-state index contributed by atoms with van der Waals surface area (Å²) in [5.41, 5.74) is 4.87. The van der Waals surface area contributed by atoms with Crippen molar-refractivity contribution in [2.45, 2.75) is 0 Å². The molecule has 3 N–H and O–H groups in total. The maximum Gasteiger partial charge on any atom is 0.337 e. The Morgan fingerprint density at radius 2 is 2.10 bits per heavy atom. The molecule has 0 bridgehead atoms. The Hall–Kier alpha value is -2.87. The van der Waals surface area contributed by atoms with Crippen LogP contribution in [0, 0.1) is 10.1 Å². The lowest BCUT2D eigenvalue weighted by molar-refractivity contribution is -0.384. The summed E-state index contributed by atoms with van der Waals surface area (Å²) in [5, 5.41) is 13.8. The summed E-state index contributed by atoms with van der Waals surface area (Å²) in [6.45, 7) is 0. The van der Waals surface area contributed by atoms with Crippen LogP contribution in [0.4, 0.5) is 22.0 Å². The lowest BCUT2D eigenvalue weighted by atomic mass is 10.3. The molecule has 2 amide bonds. The molecule has 2 rings (SSSR count). The summed E-state index contributed by atoms with van der Waals surface area (Å²) < 4.78 is 0. The number of benzene rings is 1. The number of pyridine rings is 1. The Morgan fingerprint density at radius 3 is 2.81 bits per heavy atom. The van der Waals surface area contributed by atoms with E-state index in [2.05, 4.69) is 21.2 Å². The second-order valence-corrected chi connectivity index (χ2v) is 4.28. The molecule has 0 aliphatic rings. The average Bonchev–Trinajstić information content (AvgIpc) is 2.45. The van der Waals surface area contributed by atoms with Crippen molar-refractivity contribution in [1.29, 1.82) is 0 Å². The second-order valence-electron chi connectivity index (χ2n) is 3.84. The Labute approximate surface area is 124 Å². The number of urea groups is 1. The molecule has 21 heavy (non-hydrogen) atoms. The van der Waals surface area contributed by atoms with E-state index in [9.17, 15) is 14.9 Å². The van der Waals surface area contributed by atoms with Crippen LogP contribution in [-0.4, -0.2) is 15.9 Å².